The lowest BCUT2D eigenvalue weighted by Crippen LogP contribution is -2.32. The second-order valence-corrected chi connectivity index (χ2v) is 8.13. The van der Waals surface area contributed by atoms with Crippen molar-refractivity contribution in [2.75, 3.05) is 13.1 Å². The van der Waals surface area contributed by atoms with Gasteiger partial charge in [0.25, 0.3) is 5.91 Å². The van der Waals surface area contributed by atoms with Gasteiger partial charge < -0.3 is 10.0 Å². The molecule has 5 rings (SSSR count). The Hall–Kier alpha value is -2.44. The minimum Gasteiger partial charge on any atom is -0.385 e. The van der Waals surface area contributed by atoms with Crippen molar-refractivity contribution in [3.63, 3.8) is 0 Å². The Morgan fingerprint density at radius 2 is 1.93 bits per heavy atom. The fourth-order valence-corrected chi connectivity index (χ4v) is 5.03. The van der Waals surface area contributed by atoms with Crippen LogP contribution in [0.1, 0.15) is 28.8 Å². The third-order valence-corrected chi connectivity index (χ3v) is 6.23. The van der Waals surface area contributed by atoms with Gasteiger partial charge >= 0.3 is 0 Å². The fraction of sp³-hybridized carbons (Fsp3) is 0.350. The second-order valence-electron chi connectivity index (χ2n) is 7.69. The van der Waals surface area contributed by atoms with Crippen molar-refractivity contribution in [2.24, 2.45) is 11.8 Å². The van der Waals surface area contributed by atoms with E-state index in [2.05, 4.69) is 15.2 Å². The Labute approximate surface area is 161 Å². The Bertz CT molecular complexity index is 1010. The molecule has 7 heteroatoms. The lowest BCUT2D eigenvalue weighted by molar-refractivity contribution is 0.0318. The number of rotatable bonds is 2. The maximum absolute atomic E-state index is 12.7. The zero-order valence-corrected chi connectivity index (χ0v) is 15.4. The van der Waals surface area contributed by atoms with Crippen LogP contribution in [0.2, 0.25) is 5.02 Å². The van der Waals surface area contributed by atoms with E-state index in [1.54, 1.807) is 30.7 Å². The highest BCUT2D eigenvalue weighted by Crippen LogP contribution is 2.50. The topological polar surface area (TPSA) is 82.1 Å². The van der Waals surface area contributed by atoms with Gasteiger partial charge in [-0.3, -0.25) is 14.9 Å². The first-order valence-corrected chi connectivity index (χ1v) is 9.46. The summed E-state index contributed by atoms with van der Waals surface area (Å²) in [6.45, 7) is 1.34. The number of likely N-dealkylation sites (tertiary alicyclic amines) is 1. The van der Waals surface area contributed by atoms with E-state index in [9.17, 15) is 9.90 Å². The van der Waals surface area contributed by atoms with Crippen molar-refractivity contribution in [1.29, 1.82) is 0 Å². The molecule has 3 heterocycles. The fourth-order valence-electron chi connectivity index (χ4n) is 4.82. The van der Waals surface area contributed by atoms with Crippen molar-refractivity contribution in [3.8, 4) is 0 Å². The number of fused-ring (bicyclic) bond motifs is 2. The number of amides is 1. The zero-order chi connectivity index (χ0) is 18.6. The molecule has 0 radical (unpaired) electrons. The molecule has 6 nitrogen and oxygen atoms in total. The molecule has 1 saturated carbocycles. The standard InChI is InChI=1S/C20H19ClN4O2/c21-15-5-17(16-9-23-24-18(16)6-15)20(27)7-13-10-25(11-14(13)8-20)19(26)12-1-3-22-4-2-12/h1-6,9,13-14,27H,7-8,10-11H2,(H,23,24)/t13-,14+,20?. The van der Waals surface area contributed by atoms with Crippen LogP contribution in [0.3, 0.4) is 0 Å². The Morgan fingerprint density at radius 3 is 2.63 bits per heavy atom. The van der Waals surface area contributed by atoms with E-state index in [1.165, 1.54) is 0 Å². The van der Waals surface area contributed by atoms with Crippen molar-refractivity contribution in [3.05, 3.63) is 59.0 Å². The quantitative estimate of drug-likeness (QED) is 0.713. The molecule has 1 aliphatic carbocycles. The van der Waals surface area contributed by atoms with Crippen LogP contribution >= 0.6 is 11.6 Å². The number of halogens is 1. The molecule has 1 unspecified atom stereocenters. The van der Waals surface area contributed by atoms with E-state index >= 15 is 0 Å². The summed E-state index contributed by atoms with van der Waals surface area (Å²) in [6.07, 6.45) is 6.26. The predicted molar refractivity (Wildman–Crippen MR) is 101 cm³/mol. The first kappa shape index (κ1) is 16.7. The zero-order valence-electron chi connectivity index (χ0n) is 14.6. The van der Waals surface area contributed by atoms with Gasteiger partial charge in [-0.05, 0) is 54.5 Å². The lowest BCUT2D eigenvalue weighted by Gasteiger charge is -2.27. The highest BCUT2D eigenvalue weighted by Gasteiger charge is 2.50. The van der Waals surface area contributed by atoms with E-state index in [4.69, 9.17) is 11.6 Å². The van der Waals surface area contributed by atoms with Crippen LogP contribution < -0.4 is 0 Å². The van der Waals surface area contributed by atoms with Crippen LogP contribution in [-0.2, 0) is 5.60 Å². The number of hydrogen-bond donors (Lipinski definition) is 2. The second kappa shape index (κ2) is 6.04. The number of aliphatic hydroxyl groups is 1. The summed E-state index contributed by atoms with van der Waals surface area (Å²) in [4.78, 5) is 18.6. The van der Waals surface area contributed by atoms with Gasteiger partial charge in [-0.25, -0.2) is 0 Å². The summed E-state index contributed by atoms with van der Waals surface area (Å²) in [5, 5.41) is 20.0. The maximum atomic E-state index is 12.7. The third kappa shape index (κ3) is 2.71. The molecule has 0 bridgehead atoms. The Morgan fingerprint density at radius 1 is 1.22 bits per heavy atom. The number of nitrogens with one attached hydrogen (secondary N) is 1. The molecule has 1 aromatic carbocycles. The van der Waals surface area contributed by atoms with Gasteiger partial charge in [0.2, 0.25) is 0 Å². The number of H-pyrrole nitrogens is 1. The largest absolute Gasteiger partial charge is 0.385 e. The number of hydrogen-bond acceptors (Lipinski definition) is 4. The number of carbonyl (C=O) groups is 1. The first-order chi connectivity index (χ1) is 13.0. The first-order valence-electron chi connectivity index (χ1n) is 9.08. The smallest absolute Gasteiger partial charge is 0.253 e. The SMILES string of the molecule is O=C(c1ccncc1)N1C[C@@H]2CC(O)(c3cc(Cl)cc4[nH]ncc34)C[C@@H]2C1. The number of pyridine rings is 1. The van der Waals surface area contributed by atoms with Gasteiger partial charge in [-0.1, -0.05) is 11.6 Å². The highest BCUT2D eigenvalue weighted by atomic mass is 35.5. The Balaban J connectivity index is 1.39. The van der Waals surface area contributed by atoms with E-state index in [0.29, 0.717) is 36.5 Å². The van der Waals surface area contributed by atoms with Gasteiger partial charge in [0.05, 0.1) is 17.3 Å². The van der Waals surface area contributed by atoms with Gasteiger partial charge in [-0.15, -0.1) is 0 Å². The average Bonchev–Trinajstić information content (AvgIpc) is 3.34. The summed E-state index contributed by atoms with van der Waals surface area (Å²) in [7, 11) is 0. The molecular formula is C20H19ClN4O2. The molecule has 3 atom stereocenters. The number of carbonyl (C=O) groups excluding carboxylic acids is 1. The van der Waals surface area contributed by atoms with Crippen molar-refractivity contribution >= 4 is 28.4 Å². The van der Waals surface area contributed by atoms with Crippen LogP contribution in [0.15, 0.2) is 42.9 Å². The maximum Gasteiger partial charge on any atom is 0.253 e. The average molecular weight is 383 g/mol. The number of benzene rings is 1. The van der Waals surface area contributed by atoms with Gasteiger partial charge in [0.15, 0.2) is 0 Å². The third-order valence-electron chi connectivity index (χ3n) is 6.02. The molecule has 0 spiro atoms. The molecular weight excluding hydrogens is 364 g/mol. The number of nitrogens with zero attached hydrogens (tertiary/aromatic N) is 3. The normalized spacial score (nSPS) is 27.3. The molecule has 2 aliphatic rings. The monoisotopic (exact) mass is 382 g/mol. The molecule has 138 valence electrons. The summed E-state index contributed by atoms with van der Waals surface area (Å²) >= 11 is 6.26. The minimum absolute atomic E-state index is 0.0373. The predicted octanol–water partition coefficient (Wildman–Crippen LogP) is 2.98. The van der Waals surface area contributed by atoms with Crippen LogP contribution in [0.4, 0.5) is 0 Å². The van der Waals surface area contributed by atoms with E-state index in [0.717, 1.165) is 16.5 Å². The molecule has 1 aliphatic heterocycles. The van der Waals surface area contributed by atoms with Gasteiger partial charge in [0, 0.05) is 41.5 Å². The summed E-state index contributed by atoms with van der Waals surface area (Å²) in [5.74, 6) is 0.596. The molecule has 1 amide bonds. The van der Waals surface area contributed by atoms with Crippen LogP contribution in [0, 0.1) is 11.8 Å². The number of aromatic nitrogens is 3. The van der Waals surface area contributed by atoms with Gasteiger partial charge in [-0.2, -0.15) is 5.10 Å². The lowest BCUT2D eigenvalue weighted by atomic mass is 9.88. The van der Waals surface area contributed by atoms with E-state index < -0.39 is 5.60 Å². The summed E-state index contributed by atoms with van der Waals surface area (Å²) < 4.78 is 0. The van der Waals surface area contributed by atoms with Gasteiger partial charge in [0.1, 0.15) is 0 Å². The number of aromatic amines is 1. The van der Waals surface area contributed by atoms with Crippen molar-refractivity contribution in [1.82, 2.24) is 20.1 Å². The highest BCUT2D eigenvalue weighted by molar-refractivity contribution is 6.31. The molecule has 2 aromatic heterocycles. The van der Waals surface area contributed by atoms with E-state index in [1.807, 2.05) is 17.0 Å². The molecule has 2 fully saturated rings. The van der Waals surface area contributed by atoms with Crippen LogP contribution in [-0.4, -0.2) is 44.2 Å². The molecule has 1 saturated heterocycles. The van der Waals surface area contributed by atoms with Crippen molar-refractivity contribution in [2.45, 2.75) is 18.4 Å². The van der Waals surface area contributed by atoms with Crippen LogP contribution in [0.5, 0.6) is 0 Å². The molecule has 2 N–H and O–H groups in total. The van der Waals surface area contributed by atoms with E-state index in [-0.39, 0.29) is 17.7 Å². The minimum atomic E-state index is -0.936. The molecule has 27 heavy (non-hydrogen) atoms. The van der Waals surface area contributed by atoms with Crippen LogP contribution in [0.25, 0.3) is 10.9 Å². The summed E-state index contributed by atoms with van der Waals surface area (Å²) in [5.41, 5.74) is 1.39. The molecule has 3 aromatic rings. The summed E-state index contributed by atoms with van der Waals surface area (Å²) in [6, 6.07) is 7.16. The Kier molecular flexibility index (Phi) is 3.74. The van der Waals surface area contributed by atoms with Crippen molar-refractivity contribution < 1.29 is 9.90 Å².